The highest BCUT2D eigenvalue weighted by atomic mass is 35.5. The van der Waals surface area contributed by atoms with Crippen molar-refractivity contribution in [2.45, 2.75) is 6.92 Å². The van der Waals surface area contributed by atoms with E-state index in [-0.39, 0.29) is 11.7 Å². The van der Waals surface area contributed by atoms with E-state index in [2.05, 4.69) is 0 Å². The molecule has 0 aromatic heterocycles. The number of rotatable bonds is 4. The van der Waals surface area contributed by atoms with Gasteiger partial charge in [-0.3, -0.25) is 4.79 Å². The van der Waals surface area contributed by atoms with Gasteiger partial charge in [0.05, 0.1) is 22.5 Å². The molecule has 82 valence electrons. The van der Waals surface area contributed by atoms with E-state index in [0.717, 1.165) is 0 Å². The van der Waals surface area contributed by atoms with Crippen LogP contribution >= 0.6 is 34.8 Å². The second-order valence-electron chi connectivity index (χ2n) is 2.75. The van der Waals surface area contributed by atoms with Crippen LogP contribution in [-0.4, -0.2) is 18.3 Å². The Labute approximate surface area is 103 Å². The third kappa shape index (κ3) is 3.00. The standard InChI is InChI=1S/C10H9Cl3O2/c1-2-15-10-4-7(12)6(3-8(10)13)9(14)5-11/h3-4H,2,5H2,1H3. The molecule has 15 heavy (non-hydrogen) atoms. The number of alkyl halides is 1. The number of halogens is 3. The predicted octanol–water partition coefficient (Wildman–Crippen LogP) is 3.81. The van der Waals surface area contributed by atoms with Gasteiger partial charge in [-0.05, 0) is 13.0 Å². The summed E-state index contributed by atoms with van der Waals surface area (Å²) in [5, 5.41) is 0.656. The molecule has 1 aromatic carbocycles. The molecule has 0 N–H and O–H groups in total. The van der Waals surface area contributed by atoms with Gasteiger partial charge in [0.1, 0.15) is 5.75 Å². The molecule has 0 saturated carbocycles. The lowest BCUT2D eigenvalue weighted by atomic mass is 10.1. The molecule has 2 nitrogen and oxygen atoms in total. The molecule has 5 heteroatoms. The smallest absolute Gasteiger partial charge is 0.179 e. The first kappa shape index (κ1) is 12.6. The maximum atomic E-state index is 11.3. The van der Waals surface area contributed by atoms with Crippen molar-refractivity contribution in [3.63, 3.8) is 0 Å². The molecule has 0 amide bonds. The zero-order valence-electron chi connectivity index (χ0n) is 8.02. The van der Waals surface area contributed by atoms with Gasteiger partial charge in [-0.15, -0.1) is 11.6 Å². The highest BCUT2D eigenvalue weighted by Gasteiger charge is 2.13. The van der Waals surface area contributed by atoms with E-state index in [1.54, 1.807) is 0 Å². The first-order chi connectivity index (χ1) is 7.10. The van der Waals surface area contributed by atoms with E-state index in [0.29, 0.717) is 28.0 Å². The van der Waals surface area contributed by atoms with E-state index in [9.17, 15) is 4.79 Å². The second kappa shape index (κ2) is 5.59. The molecular weight excluding hydrogens is 258 g/mol. The highest BCUT2D eigenvalue weighted by Crippen LogP contribution is 2.31. The van der Waals surface area contributed by atoms with Crippen molar-refractivity contribution in [2.75, 3.05) is 12.5 Å². The Bertz CT molecular complexity index is 377. The summed E-state index contributed by atoms with van der Waals surface area (Å²) in [7, 11) is 0. The molecule has 0 fully saturated rings. The Morgan fingerprint density at radius 1 is 1.33 bits per heavy atom. The van der Waals surface area contributed by atoms with Gasteiger partial charge in [0.15, 0.2) is 5.78 Å². The molecule has 0 radical (unpaired) electrons. The fraction of sp³-hybridized carbons (Fsp3) is 0.300. The van der Waals surface area contributed by atoms with Crippen LogP contribution in [-0.2, 0) is 0 Å². The summed E-state index contributed by atoms with van der Waals surface area (Å²) in [6.07, 6.45) is 0. The summed E-state index contributed by atoms with van der Waals surface area (Å²) in [6.45, 7) is 2.32. The van der Waals surface area contributed by atoms with Crippen molar-refractivity contribution in [1.29, 1.82) is 0 Å². The van der Waals surface area contributed by atoms with Crippen molar-refractivity contribution >= 4 is 40.6 Å². The van der Waals surface area contributed by atoms with Gasteiger partial charge >= 0.3 is 0 Å². The Kier molecular flexibility index (Phi) is 4.71. The van der Waals surface area contributed by atoms with Gasteiger partial charge in [-0.1, -0.05) is 23.2 Å². The summed E-state index contributed by atoms with van der Waals surface area (Å²) < 4.78 is 5.23. The quantitative estimate of drug-likeness (QED) is 0.612. The number of benzene rings is 1. The van der Waals surface area contributed by atoms with E-state index >= 15 is 0 Å². The topological polar surface area (TPSA) is 26.3 Å². The molecule has 0 aliphatic heterocycles. The Hall–Kier alpha value is -0.440. The van der Waals surface area contributed by atoms with Crippen LogP contribution < -0.4 is 4.74 Å². The Morgan fingerprint density at radius 2 is 2.00 bits per heavy atom. The fourth-order valence-electron chi connectivity index (χ4n) is 1.08. The molecular formula is C10H9Cl3O2. The number of hydrogen-bond acceptors (Lipinski definition) is 2. The van der Waals surface area contributed by atoms with E-state index in [4.69, 9.17) is 39.5 Å². The van der Waals surface area contributed by atoms with Gasteiger partial charge in [0.25, 0.3) is 0 Å². The van der Waals surface area contributed by atoms with Crippen molar-refractivity contribution < 1.29 is 9.53 Å². The minimum Gasteiger partial charge on any atom is -0.492 e. The number of ether oxygens (including phenoxy) is 1. The highest BCUT2D eigenvalue weighted by molar-refractivity contribution is 6.39. The maximum Gasteiger partial charge on any atom is 0.179 e. The van der Waals surface area contributed by atoms with Crippen molar-refractivity contribution in [1.82, 2.24) is 0 Å². The molecule has 1 aromatic rings. The third-order valence-electron chi connectivity index (χ3n) is 1.74. The Balaban J connectivity index is 3.13. The van der Waals surface area contributed by atoms with Crippen LogP contribution in [0, 0.1) is 0 Å². The van der Waals surface area contributed by atoms with Crippen LogP contribution in [0.4, 0.5) is 0 Å². The lowest BCUT2D eigenvalue weighted by Crippen LogP contribution is -2.02. The minimum absolute atomic E-state index is 0.121. The zero-order chi connectivity index (χ0) is 11.4. The van der Waals surface area contributed by atoms with Crippen LogP contribution in [0.5, 0.6) is 5.75 Å². The number of hydrogen-bond donors (Lipinski definition) is 0. The lowest BCUT2D eigenvalue weighted by Gasteiger charge is -2.08. The van der Waals surface area contributed by atoms with Gasteiger partial charge < -0.3 is 4.74 Å². The van der Waals surface area contributed by atoms with E-state index in [1.807, 2.05) is 6.92 Å². The largest absolute Gasteiger partial charge is 0.492 e. The molecule has 0 spiro atoms. The first-order valence-electron chi connectivity index (χ1n) is 4.31. The Morgan fingerprint density at radius 3 is 2.53 bits per heavy atom. The molecule has 1 rings (SSSR count). The van der Waals surface area contributed by atoms with Crippen LogP contribution in [0.25, 0.3) is 0 Å². The van der Waals surface area contributed by atoms with Gasteiger partial charge in [-0.25, -0.2) is 0 Å². The molecule has 0 unspecified atom stereocenters. The van der Waals surface area contributed by atoms with E-state index in [1.165, 1.54) is 12.1 Å². The summed E-state index contributed by atoms with van der Waals surface area (Å²) in [5.41, 5.74) is 0.320. The zero-order valence-corrected chi connectivity index (χ0v) is 10.3. The maximum absolute atomic E-state index is 11.3. The average Bonchev–Trinajstić information content (AvgIpc) is 2.22. The predicted molar refractivity (Wildman–Crippen MR) is 62.7 cm³/mol. The van der Waals surface area contributed by atoms with Crippen LogP contribution in [0.3, 0.4) is 0 Å². The summed E-state index contributed by atoms with van der Waals surface area (Å²) in [5.74, 6) is 0.0891. The first-order valence-corrected chi connectivity index (χ1v) is 5.60. The van der Waals surface area contributed by atoms with Crippen molar-refractivity contribution in [3.8, 4) is 5.75 Å². The molecule has 0 atom stereocenters. The summed E-state index contributed by atoms with van der Waals surface area (Å²) >= 11 is 17.2. The van der Waals surface area contributed by atoms with Gasteiger partial charge in [0, 0.05) is 11.6 Å². The van der Waals surface area contributed by atoms with Gasteiger partial charge in [-0.2, -0.15) is 0 Å². The van der Waals surface area contributed by atoms with Gasteiger partial charge in [0.2, 0.25) is 0 Å². The molecule has 0 heterocycles. The fourth-order valence-corrected chi connectivity index (χ4v) is 1.70. The molecule has 0 saturated heterocycles. The van der Waals surface area contributed by atoms with Crippen LogP contribution in [0.2, 0.25) is 10.0 Å². The molecule has 0 aliphatic carbocycles. The van der Waals surface area contributed by atoms with Crippen molar-refractivity contribution in [3.05, 3.63) is 27.7 Å². The SMILES string of the molecule is CCOc1cc(Cl)c(C(=O)CCl)cc1Cl. The minimum atomic E-state index is -0.258. The molecule has 0 bridgehead atoms. The normalized spacial score (nSPS) is 10.1. The number of Topliss-reactive ketones (excluding diaryl/α,β-unsaturated/α-hetero) is 1. The molecule has 0 aliphatic rings. The average molecular weight is 268 g/mol. The van der Waals surface area contributed by atoms with Crippen LogP contribution in [0.15, 0.2) is 12.1 Å². The second-order valence-corrected chi connectivity index (χ2v) is 3.83. The third-order valence-corrected chi connectivity index (χ3v) is 2.59. The lowest BCUT2D eigenvalue weighted by molar-refractivity contribution is 0.102. The summed E-state index contributed by atoms with van der Waals surface area (Å²) in [6, 6.07) is 2.99. The number of ketones is 1. The number of carbonyl (C=O) groups is 1. The van der Waals surface area contributed by atoms with E-state index < -0.39 is 0 Å². The monoisotopic (exact) mass is 266 g/mol. The van der Waals surface area contributed by atoms with Crippen LogP contribution in [0.1, 0.15) is 17.3 Å². The summed E-state index contributed by atoms with van der Waals surface area (Å²) in [4.78, 5) is 11.3. The van der Waals surface area contributed by atoms with Crippen molar-refractivity contribution in [2.24, 2.45) is 0 Å². The number of carbonyl (C=O) groups excluding carboxylic acids is 1.